The number of carboxylic acids is 1. The van der Waals surface area contributed by atoms with E-state index in [0.717, 1.165) is 6.42 Å². The molecule has 0 aromatic carbocycles. The molecule has 132 valence electrons. The summed E-state index contributed by atoms with van der Waals surface area (Å²) in [6.45, 7) is 4.33. The van der Waals surface area contributed by atoms with Gasteiger partial charge in [0.1, 0.15) is 0 Å². The lowest BCUT2D eigenvalue weighted by molar-refractivity contribution is -0.138. The normalized spacial score (nSPS) is 12.5. The second-order valence-electron chi connectivity index (χ2n) is 7.09. The first-order valence-electron chi connectivity index (χ1n) is 9.88. The van der Waals surface area contributed by atoms with Crippen molar-refractivity contribution in [3.05, 3.63) is 0 Å². The Balaban J connectivity index is 3.07. The van der Waals surface area contributed by atoms with Crippen molar-refractivity contribution in [1.82, 2.24) is 0 Å². The molecule has 2 heteroatoms. The van der Waals surface area contributed by atoms with E-state index in [1.165, 1.54) is 89.9 Å². The van der Waals surface area contributed by atoms with E-state index in [2.05, 4.69) is 13.8 Å². The van der Waals surface area contributed by atoms with E-state index in [1.807, 2.05) is 0 Å². The molecule has 0 aromatic rings. The number of aliphatic carboxylic acids is 1. The van der Waals surface area contributed by atoms with Crippen LogP contribution >= 0.6 is 0 Å². The highest BCUT2D eigenvalue weighted by atomic mass is 16.4. The van der Waals surface area contributed by atoms with Crippen LogP contribution in [-0.2, 0) is 4.79 Å². The van der Waals surface area contributed by atoms with Crippen molar-refractivity contribution in [1.29, 1.82) is 0 Å². The molecule has 0 aromatic heterocycles. The lowest BCUT2D eigenvalue weighted by atomic mass is 9.99. The van der Waals surface area contributed by atoms with Crippen molar-refractivity contribution in [3.63, 3.8) is 0 Å². The molecule has 22 heavy (non-hydrogen) atoms. The van der Waals surface area contributed by atoms with Gasteiger partial charge in [-0.3, -0.25) is 4.79 Å². The third-order valence-corrected chi connectivity index (χ3v) is 4.57. The first kappa shape index (κ1) is 21.5. The molecule has 0 aliphatic carbocycles. The summed E-state index contributed by atoms with van der Waals surface area (Å²) >= 11 is 0. The van der Waals surface area contributed by atoms with E-state index in [1.54, 1.807) is 0 Å². The van der Waals surface area contributed by atoms with Crippen molar-refractivity contribution in [3.8, 4) is 0 Å². The summed E-state index contributed by atoms with van der Waals surface area (Å²) in [5.74, 6) is -0.312. The fourth-order valence-corrected chi connectivity index (χ4v) is 3.09. The van der Waals surface area contributed by atoms with Gasteiger partial charge < -0.3 is 5.11 Å². The summed E-state index contributed by atoms with van der Waals surface area (Å²) in [6, 6.07) is 0. The molecule has 0 unspecified atom stereocenters. The van der Waals surface area contributed by atoms with Crippen LogP contribution in [0.25, 0.3) is 0 Å². The maximum atomic E-state index is 10.6. The zero-order valence-electron chi connectivity index (χ0n) is 15.2. The Bertz CT molecular complexity index is 238. The predicted octanol–water partition coefficient (Wildman–Crippen LogP) is 6.97. The van der Waals surface area contributed by atoms with Gasteiger partial charge in [0.2, 0.25) is 0 Å². The summed E-state index contributed by atoms with van der Waals surface area (Å²) < 4.78 is 0. The fourth-order valence-electron chi connectivity index (χ4n) is 3.09. The Morgan fingerprint density at radius 1 is 0.727 bits per heavy atom. The van der Waals surface area contributed by atoms with Crippen LogP contribution in [-0.4, -0.2) is 11.1 Å². The topological polar surface area (TPSA) is 37.3 Å². The van der Waals surface area contributed by atoms with Crippen molar-refractivity contribution < 1.29 is 9.90 Å². The van der Waals surface area contributed by atoms with Gasteiger partial charge >= 0.3 is 5.97 Å². The van der Waals surface area contributed by atoms with Crippen LogP contribution in [0.5, 0.6) is 0 Å². The van der Waals surface area contributed by atoms with Gasteiger partial charge in [0, 0.05) is 6.42 Å². The summed E-state index contributed by atoms with van der Waals surface area (Å²) in [4.78, 5) is 10.6. The van der Waals surface area contributed by atoms with E-state index in [4.69, 9.17) is 5.11 Å². The Morgan fingerprint density at radius 3 is 1.45 bits per heavy atom. The van der Waals surface area contributed by atoms with Gasteiger partial charge in [-0.05, 0) is 5.92 Å². The fraction of sp³-hybridized carbons (Fsp3) is 0.950. The minimum absolute atomic E-state index is 0.332. The molecular weight excluding hydrogens is 272 g/mol. The Kier molecular flexibility index (Phi) is 16.4. The summed E-state index contributed by atoms with van der Waals surface area (Å²) in [5, 5.41) is 8.70. The molecular formula is C20H40O2. The molecule has 0 aliphatic heterocycles. The Labute approximate surface area is 139 Å². The Hall–Kier alpha value is -0.530. The molecule has 0 radical (unpaired) electrons. The van der Waals surface area contributed by atoms with Crippen molar-refractivity contribution in [2.45, 2.75) is 117 Å². The van der Waals surface area contributed by atoms with Gasteiger partial charge in [0.15, 0.2) is 0 Å². The second-order valence-corrected chi connectivity index (χ2v) is 7.09. The van der Waals surface area contributed by atoms with Crippen LogP contribution in [0.15, 0.2) is 0 Å². The highest BCUT2D eigenvalue weighted by molar-refractivity contribution is 5.66. The largest absolute Gasteiger partial charge is 0.481 e. The number of carboxylic acid groups (broad SMARTS) is 1. The molecule has 1 atom stereocenters. The van der Waals surface area contributed by atoms with Crippen LogP contribution in [0.2, 0.25) is 0 Å². The van der Waals surface area contributed by atoms with E-state index in [9.17, 15) is 4.79 Å². The standard InChI is InChI=1S/C20H40O2/c1-3-4-5-6-7-8-9-10-11-12-13-14-15-16-17-19(2)18-20(21)22/h19H,3-18H2,1-2H3,(H,21,22)/t19-/m0/s1. The van der Waals surface area contributed by atoms with Crippen molar-refractivity contribution in [2.24, 2.45) is 5.92 Å². The number of unbranched alkanes of at least 4 members (excludes halogenated alkanes) is 13. The average Bonchev–Trinajstić information content (AvgIpc) is 2.47. The molecule has 0 saturated heterocycles. The van der Waals surface area contributed by atoms with Crippen molar-refractivity contribution >= 4 is 5.97 Å². The number of rotatable bonds is 17. The first-order valence-corrected chi connectivity index (χ1v) is 9.88. The molecule has 0 heterocycles. The third kappa shape index (κ3) is 17.5. The predicted molar refractivity (Wildman–Crippen MR) is 96.3 cm³/mol. The third-order valence-electron chi connectivity index (χ3n) is 4.57. The lowest BCUT2D eigenvalue weighted by Gasteiger charge is -2.08. The number of hydrogen-bond acceptors (Lipinski definition) is 1. The highest BCUT2D eigenvalue weighted by Gasteiger charge is 2.06. The molecule has 0 fully saturated rings. The van der Waals surface area contributed by atoms with E-state index in [-0.39, 0.29) is 0 Å². The van der Waals surface area contributed by atoms with E-state index in [0.29, 0.717) is 12.3 Å². The van der Waals surface area contributed by atoms with Gasteiger partial charge in [-0.15, -0.1) is 0 Å². The second kappa shape index (κ2) is 16.8. The minimum Gasteiger partial charge on any atom is -0.481 e. The average molecular weight is 313 g/mol. The highest BCUT2D eigenvalue weighted by Crippen LogP contribution is 2.16. The molecule has 0 saturated carbocycles. The first-order chi connectivity index (χ1) is 10.7. The van der Waals surface area contributed by atoms with Crippen LogP contribution in [0.3, 0.4) is 0 Å². The quantitative estimate of drug-likeness (QED) is 0.294. The maximum absolute atomic E-state index is 10.6. The van der Waals surface area contributed by atoms with Crippen LogP contribution < -0.4 is 0 Å². The molecule has 0 rings (SSSR count). The summed E-state index contributed by atoms with van der Waals surface area (Å²) in [5.41, 5.74) is 0. The monoisotopic (exact) mass is 312 g/mol. The van der Waals surface area contributed by atoms with Crippen LogP contribution in [0, 0.1) is 5.92 Å². The van der Waals surface area contributed by atoms with Crippen LogP contribution in [0.4, 0.5) is 0 Å². The lowest BCUT2D eigenvalue weighted by Crippen LogP contribution is -2.03. The van der Waals surface area contributed by atoms with Crippen LogP contribution in [0.1, 0.15) is 117 Å². The number of carbonyl (C=O) groups is 1. The zero-order chi connectivity index (χ0) is 16.5. The van der Waals surface area contributed by atoms with Gasteiger partial charge in [0.25, 0.3) is 0 Å². The SMILES string of the molecule is CCCCCCCCCCCCCCCC[C@H](C)CC(=O)O. The summed E-state index contributed by atoms with van der Waals surface area (Å²) in [7, 11) is 0. The van der Waals surface area contributed by atoms with E-state index < -0.39 is 5.97 Å². The van der Waals surface area contributed by atoms with Gasteiger partial charge in [0.05, 0.1) is 0 Å². The smallest absolute Gasteiger partial charge is 0.303 e. The van der Waals surface area contributed by atoms with Gasteiger partial charge in [-0.25, -0.2) is 0 Å². The number of hydrogen-bond donors (Lipinski definition) is 1. The molecule has 0 amide bonds. The minimum atomic E-state index is -0.655. The molecule has 2 nitrogen and oxygen atoms in total. The summed E-state index contributed by atoms with van der Waals surface area (Å²) in [6.07, 6.45) is 20.7. The maximum Gasteiger partial charge on any atom is 0.303 e. The van der Waals surface area contributed by atoms with Gasteiger partial charge in [-0.1, -0.05) is 110 Å². The molecule has 0 spiro atoms. The van der Waals surface area contributed by atoms with Crippen molar-refractivity contribution in [2.75, 3.05) is 0 Å². The zero-order valence-corrected chi connectivity index (χ0v) is 15.2. The molecule has 0 bridgehead atoms. The van der Waals surface area contributed by atoms with E-state index >= 15 is 0 Å². The molecule has 0 aliphatic rings. The Morgan fingerprint density at radius 2 is 1.09 bits per heavy atom. The molecule has 1 N–H and O–H groups in total. The van der Waals surface area contributed by atoms with Gasteiger partial charge in [-0.2, -0.15) is 0 Å².